The molecule has 3 aliphatic carbocycles. The summed E-state index contributed by atoms with van der Waals surface area (Å²) in [5.74, 6) is 0.478. The van der Waals surface area contributed by atoms with Gasteiger partial charge in [-0.15, -0.1) is 0 Å². The van der Waals surface area contributed by atoms with E-state index in [0.717, 1.165) is 75.2 Å². The van der Waals surface area contributed by atoms with E-state index < -0.39 is 5.97 Å². The maximum absolute atomic E-state index is 12.2. The Hall–Kier alpha value is -1.88. The molecule has 5 unspecified atom stereocenters. The lowest BCUT2D eigenvalue weighted by atomic mass is 9.64. The second-order valence-corrected chi connectivity index (χ2v) is 9.40. The zero-order valence-corrected chi connectivity index (χ0v) is 19.3. The molecule has 5 nitrogen and oxygen atoms in total. The van der Waals surface area contributed by atoms with E-state index in [9.17, 15) is 9.90 Å². The van der Waals surface area contributed by atoms with Gasteiger partial charge in [0.1, 0.15) is 11.9 Å². The highest BCUT2D eigenvalue weighted by atomic mass is 16.5. The fraction of sp³-hybridized carbons (Fsp3) is 0.692. The van der Waals surface area contributed by atoms with E-state index in [1.165, 1.54) is 12.0 Å². The molecule has 0 saturated heterocycles. The first-order valence-electron chi connectivity index (χ1n) is 12.4. The molecule has 0 aromatic heterocycles. The van der Waals surface area contributed by atoms with Crippen molar-refractivity contribution in [2.75, 3.05) is 19.6 Å². The Balaban J connectivity index is 1.73. The van der Waals surface area contributed by atoms with Crippen molar-refractivity contribution in [3.63, 3.8) is 0 Å². The zero-order valence-electron chi connectivity index (χ0n) is 19.3. The first-order chi connectivity index (χ1) is 15.1. The maximum atomic E-state index is 12.2. The van der Waals surface area contributed by atoms with E-state index in [0.29, 0.717) is 12.0 Å². The minimum atomic E-state index is -0.628. The lowest BCUT2D eigenvalue weighted by Crippen LogP contribution is -2.47. The van der Waals surface area contributed by atoms with Crippen LogP contribution in [0.1, 0.15) is 65.7 Å². The molecule has 0 radical (unpaired) electrons. The van der Waals surface area contributed by atoms with Crippen molar-refractivity contribution >= 4 is 11.7 Å². The number of fused-ring (bicyclic) bond motifs is 2. The minimum absolute atomic E-state index is 0.125. The van der Waals surface area contributed by atoms with Gasteiger partial charge in [-0.1, -0.05) is 26.7 Å². The Morgan fingerprint density at radius 3 is 2.58 bits per heavy atom. The van der Waals surface area contributed by atoms with Crippen molar-refractivity contribution in [2.24, 2.45) is 22.7 Å². The lowest BCUT2D eigenvalue weighted by Gasteiger charge is -2.48. The molecule has 0 aromatic carbocycles. The number of carbonyl (C=O) groups is 1. The van der Waals surface area contributed by atoms with Crippen LogP contribution >= 0.6 is 0 Å². The molecule has 0 aromatic rings. The zero-order chi connectivity index (χ0) is 22.0. The van der Waals surface area contributed by atoms with Crippen LogP contribution in [0.4, 0.5) is 0 Å². The molecule has 170 valence electrons. The van der Waals surface area contributed by atoms with Gasteiger partial charge in [-0.25, -0.2) is 0 Å². The Labute approximate surface area is 186 Å². The van der Waals surface area contributed by atoms with Crippen LogP contribution in [0.3, 0.4) is 0 Å². The molecule has 5 heteroatoms. The summed E-state index contributed by atoms with van der Waals surface area (Å²) in [5, 5.41) is 10.0. The minimum Gasteiger partial charge on any atom is -0.489 e. The Kier molecular flexibility index (Phi) is 7.00. The largest absolute Gasteiger partial charge is 0.489 e. The number of aliphatic carboxylic acids is 1. The second-order valence-electron chi connectivity index (χ2n) is 9.40. The van der Waals surface area contributed by atoms with Crippen LogP contribution in [0.25, 0.3) is 0 Å². The van der Waals surface area contributed by atoms with Crippen LogP contribution in [0.5, 0.6) is 0 Å². The van der Waals surface area contributed by atoms with Crippen molar-refractivity contribution in [2.45, 2.75) is 77.9 Å². The molecule has 1 heterocycles. The van der Waals surface area contributed by atoms with Crippen LogP contribution < -0.4 is 0 Å². The number of ether oxygens (including phenoxy) is 1. The second kappa shape index (κ2) is 9.72. The Morgan fingerprint density at radius 2 is 1.87 bits per heavy atom. The third kappa shape index (κ3) is 4.39. The predicted octanol–water partition coefficient (Wildman–Crippen LogP) is 5.00. The summed E-state index contributed by atoms with van der Waals surface area (Å²) in [6.45, 7) is 9.40. The summed E-state index contributed by atoms with van der Waals surface area (Å²) in [5.41, 5.74) is 3.48. The summed E-state index contributed by atoms with van der Waals surface area (Å²) in [7, 11) is 0. The predicted molar refractivity (Wildman–Crippen MR) is 124 cm³/mol. The van der Waals surface area contributed by atoms with Gasteiger partial charge in [0.2, 0.25) is 0 Å². The summed E-state index contributed by atoms with van der Waals surface area (Å²) in [4.78, 5) is 19.3. The van der Waals surface area contributed by atoms with E-state index in [1.807, 2.05) is 6.92 Å². The normalized spacial score (nSPS) is 34.3. The molecule has 0 amide bonds. The first kappa shape index (κ1) is 22.3. The standard InChI is InChI=1S/C26H38N2O3/c1-4-27-17-11-13-21-23(15-17)31-24-16-18(28(5-2)6-3)12-14-22(24)25(21)19-9-7-8-10-20(19)26(29)30/h11,13,15,18-20,22,24H,4-10,12,14,16H2,1-3H3,(H,29,30). The molecule has 31 heavy (non-hydrogen) atoms. The molecular formula is C26H38N2O3. The number of nitrogens with zero attached hydrogens (tertiary/aromatic N) is 2. The van der Waals surface area contributed by atoms with Gasteiger partial charge in [0.15, 0.2) is 0 Å². The van der Waals surface area contributed by atoms with Gasteiger partial charge >= 0.3 is 5.97 Å². The highest BCUT2D eigenvalue weighted by molar-refractivity contribution is 6.06. The molecule has 0 bridgehead atoms. The summed E-state index contributed by atoms with van der Waals surface area (Å²) in [6.07, 6.45) is 13.6. The van der Waals surface area contributed by atoms with Crippen LogP contribution in [0.2, 0.25) is 0 Å². The number of rotatable bonds is 6. The lowest BCUT2D eigenvalue weighted by molar-refractivity contribution is -0.144. The van der Waals surface area contributed by atoms with Crippen molar-refractivity contribution in [3.05, 3.63) is 35.1 Å². The summed E-state index contributed by atoms with van der Waals surface area (Å²) in [6, 6.07) is 0.546. The van der Waals surface area contributed by atoms with Crippen molar-refractivity contribution < 1.29 is 14.6 Å². The Bertz CT molecular complexity index is 805. The molecular weight excluding hydrogens is 388 g/mol. The van der Waals surface area contributed by atoms with Crippen molar-refractivity contribution in [1.29, 1.82) is 0 Å². The third-order valence-electron chi connectivity index (χ3n) is 7.87. The van der Waals surface area contributed by atoms with Gasteiger partial charge in [0, 0.05) is 36.6 Å². The molecule has 2 saturated carbocycles. The van der Waals surface area contributed by atoms with E-state index in [1.54, 1.807) is 0 Å². The first-order valence-corrected chi connectivity index (χ1v) is 12.4. The molecule has 4 rings (SSSR count). The number of allylic oxidation sites excluding steroid dienone is 3. The van der Waals surface area contributed by atoms with Gasteiger partial charge in [-0.2, -0.15) is 0 Å². The van der Waals surface area contributed by atoms with E-state index in [2.05, 4.69) is 42.0 Å². The SMILES string of the molecule is CCN=C1C=CC2=C(C3CCCCC3C(=O)O)C3CCC(N(CC)CC)CC3OC2=C1. The van der Waals surface area contributed by atoms with Crippen LogP contribution in [-0.2, 0) is 9.53 Å². The molecule has 5 atom stereocenters. The summed E-state index contributed by atoms with van der Waals surface area (Å²) < 4.78 is 6.65. The molecule has 4 aliphatic rings. The van der Waals surface area contributed by atoms with Crippen LogP contribution in [0, 0.1) is 17.8 Å². The number of carboxylic acid groups (broad SMARTS) is 1. The summed E-state index contributed by atoms with van der Waals surface area (Å²) >= 11 is 0. The van der Waals surface area contributed by atoms with Gasteiger partial charge in [-0.3, -0.25) is 9.79 Å². The monoisotopic (exact) mass is 426 g/mol. The number of hydrogen-bond donors (Lipinski definition) is 1. The van der Waals surface area contributed by atoms with Crippen molar-refractivity contribution in [3.8, 4) is 0 Å². The van der Waals surface area contributed by atoms with Crippen LogP contribution in [-0.4, -0.2) is 53.5 Å². The van der Waals surface area contributed by atoms with E-state index in [-0.39, 0.29) is 17.9 Å². The van der Waals surface area contributed by atoms with Gasteiger partial charge in [-0.05, 0) is 69.3 Å². The van der Waals surface area contributed by atoms with E-state index in [4.69, 9.17) is 4.74 Å². The van der Waals surface area contributed by atoms with Gasteiger partial charge in [0.25, 0.3) is 0 Å². The maximum Gasteiger partial charge on any atom is 0.307 e. The molecule has 1 N–H and O–H groups in total. The average molecular weight is 427 g/mol. The van der Waals surface area contributed by atoms with E-state index >= 15 is 0 Å². The molecule has 0 spiro atoms. The average Bonchev–Trinajstić information content (AvgIpc) is 2.78. The highest BCUT2D eigenvalue weighted by Gasteiger charge is 2.46. The molecule has 1 aliphatic heterocycles. The quantitative estimate of drug-likeness (QED) is 0.649. The number of hydrogen-bond acceptors (Lipinski definition) is 4. The number of carboxylic acids is 1. The van der Waals surface area contributed by atoms with Crippen LogP contribution in [0.15, 0.2) is 40.1 Å². The number of aliphatic imine (C=N–C) groups is 1. The van der Waals surface area contributed by atoms with Gasteiger partial charge < -0.3 is 14.7 Å². The fourth-order valence-electron chi connectivity index (χ4n) is 6.43. The topological polar surface area (TPSA) is 62.1 Å². The smallest absolute Gasteiger partial charge is 0.307 e. The highest BCUT2D eigenvalue weighted by Crippen LogP contribution is 2.50. The molecule has 2 fully saturated rings. The fourth-order valence-corrected chi connectivity index (χ4v) is 6.43. The van der Waals surface area contributed by atoms with Gasteiger partial charge in [0.05, 0.1) is 11.6 Å². The third-order valence-corrected chi connectivity index (χ3v) is 7.87. The van der Waals surface area contributed by atoms with Crippen molar-refractivity contribution in [1.82, 2.24) is 4.90 Å². The Morgan fingerprint density at radius 1 is 1.10 bits per heavy atom.